The zero-order valence-electron chi connectivity index (χ0n) is 14.2. The minimum atomic E-state index is -0.455. The fourth-order valence-electron chi connectivity index (χ4n) is 5.02. The van der Waals surface area contributed by atoms with Crippen molar-refractivity contribution in [2.75, 3.05) is 37.7 Å². The molecule has 5 aliphatic rings. The second-order valence-corrected chi connectivity index (χ2v) is 7.85. The Bertz CT molecular complexity index is 728. The molecule has 132 valence electrons. The first-order chi connectivity index (χ1) is 12.1. The van der Waals surface area contributed by atoms with Gasteiger partial charge in [0.05, 0.1) is 13.2 Å². The minimum Gasteiger partial charge on any atom is -0.365 e. The molecule has 1 aromatic rings. The molecule has 1 aromatic carbocycles. The molecule has 6 nitrogen and oxygen atoms in total. The Labute approximate surface area is 147 Å². The van der Waals surface area contributed by atoms with Crippen molar-refractivity contribution < 1.29 is 14.3 Å². The van der Waals surface area contributed by atoms with Crippen molar-refractivity contribution in [3.63, 3.8) is 0 Å². The van der Waals surface area contributed by atoms with Crippen LogP contribution >= 0.6 is 0 Å². The zero-order chi connectivity index (χ0) is 17.0. The van der Waals surface area contributed by atoms with E-state index in [0.717, 1.165) is 24.6 Å². The molecule has 4 fully saturated rings. The van der Waals surface area contributed by atoms with Crippen molar-refractivity contribution in [1.29, 1.82) is 0 Å². The zero-order valence-corrected chi connectivity index (χ0v) is 14.2. The number of hydrogen-bond acceptors (Lipinski definition) is 4. The average molecular weight is 341 g/mol. The van der Waals surface area contributed by atoms with Crippen LogP contribution in [0.3, 0.4) is 0 Å². The molecule has 1 atom stereocenters. The van der Waals surface area contributed by atoms with Crippen LogP contribution in [0.1, 0.15) is 18.4 Å². The van der Waals surface area contributed by atoms with E-state index < -0.39 is 6.10 Å². The molecule has 1 spiro atoms. The first-order valence-corrected chi connectivity index (χ1v) is 9.17. The number of morpholine rings is 1. The highest BCUT2D eigenvalue weighted by atomic mass is 16.5. The van der Waals surface area contributed by atoms with Crippen LogP contribution < -0.4 is 10.2 Å². The number of benzene rings is 1. The van der Waals surface area contributed by atoms with E-state index in [9.17, 15) is 9.59 Å². The molecular formula is C19H23N3O3. The number of ether oxygens (including phenoxy) is 1. The number of amides is 2. The van der Waals surface area contributed by atoms with Gasteiger partial charge in [-0.2, -0.15) is 0 Å². The fourth-order valence-corrected chi connectivity index (χ4v) is 5.02. The molecule has 1 saturated carbocycles. The highest BCUT2D eigenvalue weighted by molar-refractivity contribution is 5.98. The summed E-state index contributed by atoms with van der Waals surface area (Å²) in [5, 5.41) is 2.78. The first-order valence-electron chi connectivity index (χ1n) is 9.17. The molecule has 6 heteroatoms. The van der Waals surface area contributed by atoms with Gasteiger partial charge >= 0.3 is 0 Å². The van der Waals surface area contributed by atoms with Crippen molar-refractivity contribution in [3.8, 4) is 0 Å². The predicted octanol–water partition coefficient (Wildman–Crippen LogP) is 0.555. The summed E-state index contributed by atoms with van der Waals surface area (Å²) in [5.41, 5.74) is 2.38. The molecule has 2 bridgehead atoms. The Morgan fingerprint density at radius 2 is 2.08 bits per heavy atom. The Balaban J connectivity index is 1.17. The standard InChI is InChI=1S/C19H23N3O3/c23-17(22-6-5-14-3-1-2-4-15(14)22)9-20-18(24)16-11-21-10-13-7-19(21,8-13)12-25-16/h1-4,13,16H,5-12H2,(H,20,24). The van der Waals surface area contributed by atoms with Crippen LogP contribution in [-0.2, 0) is 20.7 Å². The molecular weight excluding hydrogens is 318 g/mol. The lowest BCUT2D eigenvalue weighted by Gasteiger charge is -2.47. The Morgan fingerprint density at radius 3 is 2.96 bits per heavy atom. The summed E-state index contributed by atoms with van der Waals surface area (Å²) in [5.74, 6) is 0.566. The van der Waals surface area contributed by atoms with Crippen LogP contribution in [0.2, 0.25) is 0 Å². The van der Waals surface area contributed by atoms with E-state index in [1.807, 2.05) is 24.3 Å². The number of fused-ring (bicyclic) bond motifs is 1. The van der Waals surface area contributed by atoms with Gasteiger partial charge in [0.25, 0.3) is 5.91 Å². The van der Waals surface area contributed by atoms with Gasteiger partial charge in [0.1, 0.15) is 6.10 Å². The molecule has 2 amide bonds. The number of hydrogen-bond donors (Lipinski definition) is 1. The van der Waals surface area contributed by atoms with Gasteiger partial charge in [-0.05, 0) is 36.8 Å². The summed E-state index contributed by atoms with van der Waals surface area (Å²) in [6, 6.07) is 7.94. The molecule has 4 aliphatic heterocycles. The third kappa shape index (κ3) is 2.39. The lowest BCUT2D eigenvalue weighted by atomic mass is 9.73. The molecule has 4 heterocycles. The number of nitrogens with one attached hydrogen (secondary N) is 1. The highest BCUT2D eigenvalue weighted by Crippen LogP contribution is 2.52. The number of carbonyl (C=O) groups is 2. The molecule has 0 aromatic heterocycles. The van der Waals surface area contributed by atoms with Crippen LogP contribution in [-0.4, -0.2) is 61.1 Å². The van der Waals surface area contributed by atoms with Crippen LogP contribution in [0.5, 0.6) is 0 Å². The predicted molar refractivity (Wildman–Crippen MR) is 92.3 cm³/mol. The van der Waals surface area contributed by atoms with Gasteiger partial charge in [0, 0.05) is 30.9 Å². The maximum Gasteiger partial charge on any atom is 0.250 e. The van der Waals surface area contributed by atoms with E-state index in [1.165, 1.54) is 18.4 Å². The first kappa shape index (κ1) is 15.3. The number of carbonyl (C=O) groups excluding carboxylic acids is 2. The smallest absolute Gasteiger partial charge is 0.250 e. The van der Waals surface area contributed by atoms with Crippen molar-refractivity contribution in [2.24, 2.45) is 5.92 Å². The van der Waals surface area contributed by atoms with Gasteiger partial charge in [0.2, 0.25) is 5.91 Å². The maximum absolute atomic E-state index is 12.5. The second-order valence-electron chi connectivity index (χ2n) is 7.85. The van der Waals surface area contributed by atoms with Crippen LogP contribution in [0.15, 0.2) is 24.3 Å². The number of para-hydroxylation sites is 1. The van der Waals surface area contributed by atoms with E-state index in [4.69, 9.17) is 4.74 Å². The van der Waals surface area contributed by atoms with E-state index in [0.29, 0.717) is 19.7 Å². The molecule has 1 aliphatic carbocycles. The fraction of sp³-hybridized carbons (Fsp3) is 0.579. The Hall–Kier alpha value is -1.92. The van der Waals surface area contributed by atoms with Crippen molar-refractivity contribution in [3.05, 3.63) is 29.8 Å². The van der Waals surface area contributed by atoms with E-state index in [1.54, 1.807) is 4.90 Å². The van der Waals surface area contributed by atoms with Gasteiger partial charge < -0.3 is 15.0 Å². The summed E-state index contributed by atoms with van der Waals surface area (Å²) in [6.07, 6.45) is 2.85. The Morgan fingerprint density at radius 1 is 1.24 bits per heavy atom. The van der Waals surface area contributed by atoms with E-state index >= 15 is 0 Å². The van der Waals surface area contributed by atoms with Crippen LogP contribution in [0.25, 0.3) is 0 Å². The van der Waals surface area contributed by atoms with Gasteiger partial charge in [-0.15, -0.1) is 0 Å². The van der Waals surface area contributed by atoms with Crippen molar-refractivity contribution in [1.82, 2.24) is 10.2 Å². The average Bonchev–Trinajstić information content (AvgIpc) is 3.28. The van der Waals surface area contributed by atoms with Gasteiger partial charge in [-0.25, -0.2) is 0 Å². The van der Waals surface area contributed by atoms with Crippen molar-refractivity contribution >= 4 is 17.5 Å². The summed E-state index contributed by atoms with van der Waals surface area (Å²) in [7, 11) is 0. The van der Waals surface area contributed by atoms with E-state index in [2.05, 4.69) is 10.2 Å². The summed E-state index contributed by atoms with van der Waals surface area (Å²) >= 11 is 0. The quantitative estimate of drug-likeness (QED) is 0.872. The third-order valence-electron chi connectivity index (χ3n) is 6.32. The molecule has 25 heavy (non-hydrogen) atoms. The van der Waals surface area contributed by atoms with E-state index in [-0.39, 0.29) is 23.9 Å². The van der Waals surface area contributed by atoms with Crippen LogP contribution in [0.4, 0.5) is 5.69 Å². The van der Waals surface area contributed by atoms with Gasteiger partial charge in [-0.1, -0.05) is 18.2 Å². The summed E-state index contributed by atoms with van der Waals surface area (Å²) < 4.78 is 5.83. The summed E-state index contributed by atoms with van der Waals surface area (Å²) in [4.78, 5) is 29.1. The largest absolute Gasteiger partial charge is 0.365 e. The normalized spacial score (nSPS) is 32.7. The molecule has 1 unspecified atom stereocenters. The second kappa shape index (κ2) is 5.54. The lowest BCUT2D eigenvalue weighted by molar-refractivity contribution is -0.150. The van der Waals surface area contributed by atoms with Crippen molar-refractivity contribution in [2.45, 2.75) is 30.9 Å². The number of anilines is 1. The lowest BCUT2D eigenvalue weighted by Crippen LogP contribution is -2.60. The minimum absolute atomic E-state index is 0.0286. The molecule has 1 N–H and O–H groups in total. The highest BCUT2D eigenvalue weighted by Gasteiger charge is 2.58. The molecule has 3 saturated heterocycles. The molecule has 0 radical (unpaired) electrons. The van der Waals surface area contributed by atoms with Gasteiger partial charge in [0.15, 0.2) is 0 Å². The Kier molecular flexibility index (Phi) is 3.40. The third-order valence-corrected chi connectivity index (χ3v) is 6.32. The van der Waals surface area contributed by atoms with Gasteiger partial charge in [-0.3, -0.25) is 14.5 Å². The topological polar surface area (TPSA) is 61.9 Å². The molecule has 6 rings (SSSR count). The number of rotatable bonds is 3. The maximum atomic E-state index is 12.5. The number of nitrogens with zero attached hydrogens (tertiary/aromatic N) is 2. The SMILES string of the molecule is O=C(NCC(=O)N1CCc2ccccc21)C1CN2CC3CC2(CO1)C3. The summed E-state index contributed by atoms with van der Waals surface area (Å²) in [6.45, 7) is 3.11. The monoisotopic (exact) mass is 341 g/mol. The van der Waals surface area contributed by atoms with Crippen LogP contribution in [0, 0.1) is 5.92 Å².